The number of aliphatic imine (C=N–C) groups is 1. The number of allylic oxidation sites excluding steroid dienone is 1. The Bertz CT molecular complexity index is 567. The van der Waals surface area contributed by atoms with E-state index in [4.69, 9.17) is 15.9 Å². The molecule has 5 heteroatoms. The van der Waals surface area contributed by atoms with Gasteiger partial charge in [-0.05, 0) is 23.0 Å². The SMILES string of the molecule is C=S1C=CC(c2cccc(CCO)c2N)C1=NCCO. The third-order valence-electron chi connectivity index (χ3n) is 3.28. The van der Waals surface area contributed by atoms with Crippen molar-refractivity contribution >= 4 is 27.1 Å². The Hall–Kier alpha value is -1.43. The van der Waals surface area contributed by atoms with Crippen LogP contribution in [0.25, 0.3) is 0 Å². The first kappa shape index (κ1) is 15.0. The van der Waals surface area contributed by atoms with Crippen molar-refractivity contribution in [2.45, 2.75) is 12.3 Å². The van der Waals surface area contributed by atoms with Gasteiger partial charge in [-0.2, -0.15) is 0 Å². The van der Waals surface area contributed by atoms with Crippen LogP contribution in [-0.2, 0) is 6.42 Å². The van der Waals surface area contributed by atoms with Crippen LogP contribution in [0.3, 0.4) is 0 Å². The fraction of sp³-hybridized carbons (Fsp3) is 0.333. The van der Waals surface area contributed by atoms with Gasteiger partial charge in [-0.3, -0.25) is 4.99 Å². The second-order valence-corrected chi connectivity index (χ2v) is 6.12. The molecular weight excluding hydrogens is 272 g/mol. The first-order valence-electron chi connectivity index (χ1n) is 6.53. The summed E-state index contributed by atoms with van der Waals surface area (Å²) in [6.45, 7) is 0.509. The maximum absolute atomic E-state index is 9.08. The van der Waals surface area contributed by atoms with Gasteiger partial charge in [0.05, 0.1) is 24.1 Å². The molecule has 4 nitrogen and oxygen atoms in total. The van der Waals surface area contributed by atoms with Crippen molar-refractivity contribution in [2.24, 2.45) is 4.99 Å². The summed E-state index contributed by atoms with van der Waals surface area (Å²) in [5, 5.41) is 21.0. The van der Waals surface area contributed by atoms with E-state index in [0.29, 0.717) is 18.7 Å². The van der Waals surface area contributed by atoms with Crippen LogP contribution in [-0.4, -0.2) is 40.9 Å². The lowest BCUT2D eigenvalue weighted by atomic mass is 9.95. The Balaban J connectivity index is 2.38. The van der Waals surface area contributed by atoms with Crippen molar-refractivity contribution in [1.29, 1.82) is 0 Å². The molecule has 0 amide bonds. The zero-order valence-electron chi connectivity index (χ0n) is 11.3. The van der Waals surface area contributed by atoms with E-state index in [0.717, 1.165) is 16.2 Å². The van der Waals surface area contributed by atoms with Gasteiger partial charge < -0.3 is 15.9 Å². The predicted octanol–water partition coefficient (Wildman–Crippen LogP) is 1.51. The summed E-state index contributed by atoms with van der Waals surface area (Å²) in [7, 11) is -0.258. The number of benzene rings is 1. The fourth-order valence-electron chi connectivity index (χ4n) is 2.31. The Labute approximate surface area is 121 Å². The molecule has 2 rings (SSSR count). The van der Waals surface area contributed by atoms with Gasteiger partial charge in [-0.1, -0.05) is 30.1 Å². The number of aliphatic hydroxyl groups excluding tert-OH is 2. The number of nitrogens with zero attached hydrogens (tertiary/aromatic N) is 1. The van der Waals surface area contributed by atoms with Crippen LogP contribution in [0.2, 0.25) is 0 Å². The Morgan fingerprint density at radius 1 is 1.30 bits per heavy atom. The van der Waals surface area contributed by atoms with Crippen molar-refractivity contribution in [3.8, 4) is 0 Å². The lowest BCUT2D eigenvalue weighted by molar-refractivity contribution is 0.300. The van der Waals surface area contributed by atoms with Crippen LogP contribution in [0.15, 0.2) is 34.7 Å². The first-order chi connectivity index (χ1) is 9.69. The number of para-hydroxylation sites is 1. The van der Waals surface area contributed by atoms with Gasteiger partial charge in [0, 0.05) is 12.3 Å². The highest BCUT2D eigenvalue weighted by atomic mass is 32.2. The van der Waals surface area contributed by atoms with Crippen LogP contribution < -0.4 is 5.73 Å². The lowest BCUT2D eigenvalue weighted by Gasteiger charge is -2.16. The van der Waals surface area contributed by atoms with Crippen molar-refractivity contribution in [3.05, 3.63) is 40.8 Å². The minimum absolute atomic E-state index is 0.0287. The second kappa shape index (κ2) is 6.83. The average Bonchev–Trinajstić information content (AvgIpc) is 2.80. The molecule has 0 saturated carbocycles. The van der Waals surface area contributed by atoms with E-state index in [2.05, 4.69) is 16.9 Å². The van der Waals surface area contributed by atoms with Crippen LogP contribution in [0.1, 0.15) is 17.0 Å². The fourth-order valence-corrected chi connectivity index (χ4v) is 3.58. The molecule has 0 saturated heterocycles. The van der Waals surface area contributed by atoms with Gasteiger partial charge in [-0.15, -0.1) is 10.5 Å². The Kier molecular flexibility index (Phi) is 5.11. The summed E-state index contributed by atoms with van der Waals surface area (Å²) in [6.07, 6.45) is 2.62. The van der Waals surface area contributed by atoms with Crippen LogP contribution in [0, 0.1) is 0 Å². The largest absolute Gasteiger partial charge is 0.398 e. The number of rotatable bonds is 5. The van der Waals surface area contributed by atoms with Crippen LogP contribution in [0.5, 0.6) is 0 Å². The van der Waals surface area contributed by atoms with Crippen LogP contribution >= 0.6 is 10.5 Å². The molecule has 0 aromatic heterocycles. The zero-order valence-corrected chi connectivity index (χ0v) is 12.1. The normalized spacial score (nSPS) is 23.6. The third kappa shape index (κ3) is 3.00. The Morgan fingerprint density at radius 2 is 2.10 bits per heavy atom. The first-order valence-corrected chi connectivity index (χ1v) is 7.99. The number of hydrogen-bond acceptors (Lipinski definition) is 4. The van der Waals surface area contributed by atoms with Gasteiger partial charge in [0.25, 0.3) is 0 Å². The minimum Gasteiger partial charge on any atom is -0.398 e. The summed E-state index contributed by atoms with van der Waals surface area (Å²) in [5.74, 6) is 4.11. The minimum atomic E-state index is -0.258. The lowest BCUT2D eigenvalue weighted by Crippen LogP contribution is -2.10. The topological polar surface area (TPSA) is 78.8 Å². The van der Waals surface area contributed by atoms with Crippen molar-refractivity contribution in [1.82, 2.24) is 0 Å². The van der Waals surface area contributed by atoms with E-state index in [-0.39, 0.29) is 29.6 Å². The standard InChI is InChI=1S/C15H20N2O2S/c1-20-10-6-13(15(20)17-7-9-19)12-4-2-3-11(5-8-18)14(12)16/h2-4,6,10,13,18-19H,1,5,7-9,16H2. The number of aliphatic hydroxyl groups is 2. The number of anilines is 1. The zero-order chi connectivity index (χ0) is 14.5. The summed E-state index contributed by atoms with van der Waals surface area (Å²) in [6, 6.07) is 5.87. The molecular formula is C15H20N2O2S. The summed E-state index contributed by atoms with van der Waals surface area (Å²) in [4.78, 5) is 4.45. The summed E-state index contributed by atoms with van der Waals surface area (Å²) in [5.41, 5.74) is 8.89. The van der Waals surface area contributed by atoms with Crippen molar-refractivity contribution in [2.75, 3.05) is 25.5 Å². The highest BCUT2D eigenvalue weighted by Gasteiger charge is 2.24. The quantitative estimate of drug-likeness (QED) is 0.568. The molecule has 108 valence electrons. The molecule has 1 aromatic rings. The maximum atomic E-state index is 9.08. The molecule has 2 atom stereocenters. The number of nitrogens with two attached hydrogens (primary N) is 1. The molecule has 20 heavy (non-hydrogen) atoms. The van der Waals surface area contributed by atoms with E-state index < -0.39 is 0 Å². The molecule has 1 aliphatic rings. The second-order valence-electron chi connectivity index (χ2n) is 4.57. The molecule has 0 aliphatic carbocycles. The van der Waals surface area contributed by atoms with Crippen LogP contribution in [0.4, 0.5) is 5.69 Å². The molecule has 0 spiro atoms. The molecule has 1 aromatic carbocycles. The molecule has 0 fully saturated rings. The molecule has 2 unspecified atom stereocenters. The van der Waals surface area contributed by atoms with Gasteiger partial charge in [0.1, 0.15) is 0 Å². The van der Waals surface area contributed by atoms with Crippen molar-refractivity contribution in [3.63, 3.8) is 0 Å². The van der Waals surface area contributed by atoms with Gasteiger partial charge in [0.2, 0.25) is 0 Å². The van der Waals surface area contributed by atoms with Gasteiger partial charge >= 0.3 is 0 Å². The average molecular weight is 292 g/mol. The highest BCUT2D eigenvalue weighted by molar-refractivity contribution is 8.29. The maximum Gasteiger partial charge on any atom is 0.0770 e. The number of hydrogen-bond donors (Lipinski definition) is 3. The van der Waals surface area contributed by atoms with Gasteiger partial charge in [0.15, 0.2) is 0 Å². The van der Waals surface area contributed by atoms with E-state index in [1.165, 1.54) is 0 Å². The molecule has 1 aliphatic heterocycles. The third-order valence-corrected chi connectivity index (χ3v) is 4.69. The predicted molar refractivity (Wildman–Crippen MR) is 87.6 cm³/mol. The monoisotopic (exact) mass is 292 g/mol. The summed E-state index contributed by atoms with van der Waals surface area (Å²) >= 11 is 0. The van der Waals surface area contributed by atoms with E-state index >= 15 is 0 Å². The highest BCUT2D eigenvalue weighted by Crippen LogP contribution is 2.39. The van der Waals surface area contributed by atoms with Gasteiger partial charge in [-0.25, -0.2) is 0 Å². The van der Waals surface area contributed by atoms with E-state index in [1.54, 1.807) is 0 Å². The van der Waals surface area contributed by atoms with Crippen molar-refractivity contribution < 1.29 is 10.2 Å². The van der Waals surface area contributed by atoms with E-state index in [9.17, 15) is 0 Å². The molecule has 0 radical (unpaired) electrons. The molecule has 1 heterocycles. The molecule has 0 bridgehead atoms. The Morgan fingerprint density at radius 3 is 2.80 bits per heavy atom. The summed E-state index contributed by atoms with van der Waals surface area (Å²) < 4.78 is 0. The number of nitrogen functional groups attached to an aromatic ring is 1. The smallest absolute Gasteiger partial charge is 0.0770 e. The molecule has 4 N–H and O–H groups in total. The van der Waals surface area contributed by atoms with E-state index in [1.807, 2.05) is 23.6 Å².